The largest absolute Gasteiger partial charge is 0.460 e. The molecule has 0 aliphatic heterocycles. The molecule has 3 aromatic carbocycles. The number of carbonyl (C=O) groups is 2. The van der Waals surface area contributed by atoms with Crippen LogP contribution >= 0.6 is 0 Å². The third-order valence-electron chi connectivity index (χ3n) is 6.59. The lowest BCUT2D eigenvalue weighted by atomic mass is 9.84. The second-order valence-corrected chi connectivity index (χ2v) is 8.67. The summed E-state index contributed by atoms with van der Waals surface area (Å²) < 4.78 is 5.00. The summed E-state index contributed by atoms with van der Waals surface area (Å²) in [6.07, 6.45) is 5.34. The Labute approximate surface area is 189 Å². The second-order valence-electron chi connectivity index (χ2n) is 8.67. The molecule has 166 valence electrons. The number of carbonyl (C=O) groups excluding carboxylic acids is 2. The Morgan fingerprint density at radius 1 is 1.03 bits per heavy atom. The van der Waals surface area contributed by atoms with E-state index in [4.69, 9.17) is 9.84 Å². The van der Waals surface area contributed by atoms with Crippen molar-refractivity contribution >= 4 is 22.5 Å². The number of Topliss-reactive ketones (excluding diaryl/α,β-unsaturated/α-hetero) is 1. The number of benzene rings is 3. The SMILES string of the molecule is O=C(OCCO)c1cccc(CCC[C@H]2CCC(=O)[C@@H]2Cc2cccc3ccccc23)c1. The van der Waals surface area contributed by atoms with Crippen LogP contribution in [-0.2, 0) is 22.4 Å². The summed E-state index contributed by atoms with van der Waals surface area (Å²) in [5, 5.41) is 11.3. The Bertz CT molecular complexity index is 1080. The molecule has 0 heterocycles. The van der Waals surface area contributed by atoms with E-state index in [0.29, 0.717) is 23.7 Å². The molecule has 4 nitrogen and oxygen atoms in total. The standard InChI is InChI=1S/C28H30O4/c29-16-17-32-28(31)24-12-4-7-20(18-24)6-3-9-22-14-15-27(30)26(22)19-23-11-5-10-21-8-1-2-13-25(21)23/h1-2,4-5,7-8,10-13,18,22,26,29H,3,6,9,14-17,19H2/t22-,26+/m0/s1. The van der Waals surface area contributed by atoms with Gasteiger partial charge in [0.05, 0.1) is 12.2 Å². The van der Waals surface area contributed by atoms with Crippen molar-refractivity contribution < 1.29 is 19.4 Å². The topological polar surface area (TPSA) is 63.6 Å². The fraction of sp³-hybridized carbons (Fsp3) is 0.357. The first-order chi connectivity index (χ1) is 15.7. The molecule has 0 unspecified atom stereocenters. The zero-order chi connectivity index (χ0) is 22.3. The van der Waals surface area contributed by atoms with Crippen molar-refractivity contribution in [1.82, 2.24) is 0 Å². The number of fused-ring (bicyclic) bond motifs is 1. The molecular weight excluding hydrogens is 400 g/mol. The number of aryl methyl sites for hydroxylation is 1. The van der Waals surface area contributed by atoms with E-state index >= 15 is 0 Å². The molecule has 0 bridgehead atoms. The van der Waals surface area contributed by atoms with E-state index in [1.807, 2.05) is 18.2 Å². The van der Waals surface area contributed by atoms with Crippen molar-refractivity contribution in [2.75, 3.05) is 13.2 Å². The molecule has 1 aliphatic carbocycles. The molecule has 1 fully saturated rings. The second kappa shape index (κ2) is 10.6. The minimum Gasteiger partial charge on any atom is -0.460 e. The number of hydrogen-bond acceptors (Lipinski definition) is 4. The maximum Gasteiger partial charge on any atom is 0.338 e. The lowest BCUT2D eigenvalue weighted by molar-refractivity contribution is -0.121. The number of rotatable bonds is 9. The first kappa shape index (κ1) is 22.2. The van der Waals surface area contributed by atoms with Gasteiger partial charge in [0.25, 0.3) is 0 Å². The van der Waals surface area contributed by atoms with Crippen LogP contribution in [0.3, 0.4) is 0 Å². The van der Waals surface area contributed by atoms with Crippen LogP contribution in [0.25, 0.3) is 10.8 Å². The highest BCUT2D eigenvalue weighted by molar-refractivity contribution is 5.89. The van der Waals surface area contributed by atoms with Gasteiger partial charge in [-0.05, 0) is 72.1 Å². The van der Waals surface area contributed by atoms with Gasteiger partial charge in [0.15, 0.2) is 0 Å². The average molecular weight is 431 g/mol. The number of ketones is 1. The van der Waals surface area contributed by atoms with Gasteiger partial charge in [-0.15, -0.1) is 0 Å². The van der Waals surface area contributed by atoms with Gasteiger partial charge in [-0.2, -0.15) is 0 Å². The van der Waals surface area contributed by atoms with E-state index in [-0.39, 0.29) is 19.1 Å². The van der Waals surface area contributed by atoms with Gasteiger partial charge in [-0.3, -0.25) is 4.79 Å². The minimum atomic E-state index is -0.405. The molecule has 0 radical (unpaired) electrons. The molecular formula is C28H30O4. The number of ether oxygens (including phenoxy) is 1. The van der Waals surface area contributed by atoms with Crippen molar-refractivity contribution in [3.63, 3.8) is 0 Å². The molecule has 1 saturated carbocycles. The predicted molar refractivity (Wildman–Crippen MR) is 126 cm³/mol. The zero-order valence-corrected chi connectivity index (χ0v) is 18.3. The van der Waals surface area contributed by atoms with Crippen LogP contribution < -0.4 is 0 Å². The molecule has 2 atom stereocenters. The van der Waals surface area contributed by atoms with Gasteiger partial charge in [0.1, 0.15) is 12.4 Å². The molecule has 4 rings (SSSR count). The van der Waals surface area contributed by atoms with Gasteiger partial charge in [-0.1, -0.05) is 54.6 Å². The van der Waals surface area contributed by atoms with E-state index in [0.717, 1.165) is 37.7 Å². The quantitative estimate of drug-likeness (QED) is 0.477. The average Bonchev–Trinajstić information content (AvgIpc) is 3.17. The van der Waals surface area contributed by atoms with Crippen molar-refractivity contribution in [2.45, 2.75) is 38.5 Å². The number of hydrogen-bond donors (Lipinski definition) is 1. The molecule has 0 saturated heterocycles. The van der Waals surface area contributed by atoms with Gasteiger partial charge >= 0.3 is 5.97 Å². The van der Waals surface area contributed by atoms with Crippen LogP contribution in [0.15, 0.2) is 66.7 Å². The Kier molecular flexibility index (Phi) is 7.33. The highest BCUT2D eigenvalue weighted by atomic mass is 16.5. The van der Waals surface area contributed by atoms with E-state index in [1.54, 1.807) is 6.07 Å². The van der Waals surface area contributed by atoms with E-state index in [9.17, 15) is 9.59 Å². The molecule has 4 heteroatoms. The summed E-state index contributed by atoms with van der Waals surface area (Å²) in [4.78, 5) is 24.7. The third kappa shape index (κ3) is 5.25. The lowest BCUT2D eigenvalue weighted by Gasteiger charge is -2.19. The molecule has 0 spiro atoms. The van der Waals surface area contributed by atoms with E-state index in [1.165, 1.54) is 16.3 Å². The van der Waals surface area contributed by atoms with Crippen LogP contribution in [0.1, 0.15) is 47.2 Å². The first-order valence-electron chi connectivity index (χ1n) is 11.5. The Hall–Kier alpha value is -2.98. The lowest BCUT2D eigenvalue weighted by Crippen LogP contribution is -2.18. The highest BCUT2D eigenvalue weighted by Crippen LogP contribution is 2.36. The normalized spacial score (nSPS) is 18.2. The Morgan fingerprint density at radius 2 is 1.84 bits per heavy atom. The maximum absolute atomic E-state index is 12.7. The summed E-state index contributed by atoms with van der Waals surface area (Å²) in [5.41, 5.74) is 2.88. The summed E-state index contributed by atoms with van der Waals surface area (Å²) in [7, 11) is 0. The predicted octanol–water partition coefficient (Wildman–Crippen LogP) is 5.15. The molecule has 0 aromatic heterocycles. The molecule has 0 amide bonds. The van der Waals surface area contributed by atoms with Gasteiger partial charge < -0.3 is 9.84 Å². The highest BCUT2D eigenvalue weighted by Gasteiger charge is 2.34. The number of aliphatic hydroxyl groups is 1. The summed E-state index contributed by atoms with van der Waals surface area (Å²) in [6, 6.07) is 22.3. The van der Waals surface area contributed by atoms with Gasteiger partial charge in [0, 0.05) is 12.3 Å². The number of esters is 1. The van der Waals surface area contributed by atoms with Crippen LogP contribution in [0.4, 0.5) is 0 Å². The van der Waals surface area contributed by atoms with Crippen LogP contribution in [0.5, 0.6) is 0 Å². The van der Waals surface area contributed by atoms with Gasteiger partial charge in [-0.25, -0.2) is 4.79 Å². The Morgan fingerprint density at radius 3 is 2.72 bits per heavy atom. The van der Waals surface area contributed by atoms with Crippen LogP contribution in [0, 0.1) is 11.8 Å². The zero-order valence-electron chi connectivity index (χ0n) is 18.3. The fourth-order valence-corrected chi connectivity index (χ4v) is 4.95. The maximum atomic E-state index is 12.7. The van der Waals surface area contributed by atoms with Crippen molar-refractivity contribution in [2.24, 2.45) is 11.8 Å². The minimum absolute atomic E-state index is 0.0108. The van der Waals surface area contributed by atoms with E-state index < -0.39 is 5.97 Å². The fourth-order valence-electron chi connectivity index (χ4n) is 4.95. The summed E-state index contributed by atoms with van der Waals surface area (Å²) >= 11 is 0. The van der Waals surface area contributed by atoms with E-state index in [2.05, 4.69) is 42.5 Å². The first-order valence-corrected chi connectivity index (χ1v) is 11.5. The molecule has 1 aliphatic rings. The number of aliphatic hydroxyl groups excluding tert-OH is 1. The monoisotopic (exact) mass is 430 g/mol. The Balaban J connectivity index is 1.37. The van der Waals surface area contributed by atoms with Crippen molar-refractivity contribution in [3.05, 3.63) is 83.4 Å². The van der Waals surface area contributed by atoms with Crippen molar-refractivity contribution in [3.8, 4) is 0 Å². The summed E-state index contributed by atoms with van der Waals surface area (Å²) in [5.74, 6) is 0.508. The molecule has 32 heavy (non-hydrogen) atoms. The van der Waals surface area contributed by atoms with Crippen LogP contribution in [-0.4, -0.2) is 30.1 Å². The van der Waals surface area contributed by atoms with Crippen molar-refractivity contribution in [1.29, 1.82) is 0 Å². The molecule has 1 N–H and O–H groups in total. The molecule has 3 aromatic rings. The van der Waals surface area contributed by atoms with Crippen LogP contribution in [0.2, 0.25) is 0 Å². The smallest absolute Gasteiger partial charge is 0.338 e. The third-order valence-corrected chi connectivity index (χ3v) is 6.59. The van der Waals surface area contributed by atoms with Gasteiger partial charge in [0.2, 0.25) is 0 Å². The summed E-state index contributed by atoms with van der Waals surface area (Å²) in [6.45, 7) is -0.164.